The molecule has 0 aliphatic rings. The average Bonchev–Trinajstić information content (AvgIpc) is 3.07. The van der Waals surface area contributed by atoms with Gasteiger partial charge in [-0.1, -0.05) is 0 Å². The first kappa shape index (κ1) is 46.1. The summed E-state index contributed by atoms with van der Waals surface area (Å²) in [5.74, 6) is -13.2. The summed E-state index contributed by atoms with van der Waals surface area (Å²) in [6, 6.07) is -4.89. The molecule has 0 aromatic heterocycles. The summed E-state index contributed by atoms with van der Waals surface area (Å²) in [5.41, 5.74) is 20.2. The van der Waals surface area contributed by atoms with E-state index in [9.17, 15) is 62.3 Å². The summed E-state index contributed by atoms with van der Waals surface area (Å²) in [6.07, 6.45) is -2.19. The molecule has 53 heavy (non-hydrogen) atoms. The van der Waals surface area contributed by atoms with Gasteiger partial charge in [0, 0.05) is 0 Å². The van der Waals surface area contributed by atoms with Crippen molar-refractivity contribution in [2.45, 2.75) is 37.4 Å². The van der Waals surface area contributed by atoms with Gasteiger partial charge in [-0.2, -0.15) is 0 Å². The van der Waals surface area contributed by atoms with Crippen molar-refractivity contribution in [2.24, 2.45) is 22.9 Å². The number of carboxylic acid groups (broad SMARTS) is 1. The molecule has 0 aromatic carbocycles. The van der Waals surface area contributed by atoms with E-state index in [1.807, 2.05) is 10.6 Å². The van der Waals surface area contributed by atoms with Gasteiger partial charge in [0.1, 0.15) is 18.1 Å². The number of carbonyl (C=O) groups excluding carboxylic acids is 12. The van der Waals surface area contributed by atoms with Gasteiger partial charge >= 0.3 is 5.97 Å². The van der Waals surface area contributed by atoms with Crippen molar-refractivity contribution in [1.82, 2.24) is 47.9 Å². The molecule has 0 rings (SSSR count). The lowest BCUT2D eigenvalue weighted by atomic mass is 10.1. The average molecular weight is 760 g/mol. The van der Waals surface area contributed by atoms with Crippen LogP contribution in [-0.4, -0.2) is 146 Å². The SMILES string of the molecule is NCC(=O)NCC(=O)NCC(=O)N[C@@H](CC(N)=O)C(=O)NCC(=O)NCC(=O)N[C@@H](CC(N)=O)C(=O)NCC(=O)NCC(=O)N[C@@H](CC(N)=O)C(=O)O. The molecule has 0 heterocycles. The number of primary amides is 3. The zero-order valence-electron chi connectivity index (χ0n) is 27.9. The van der Waals surface area contributed by atoms with E-state index in [0.29, 0.717) is 0 Å². The van der Waals surface area contributed by atoms with Gasteiger partial charge in [-0.15, -0.1) is 0 Å². The maximum absolute atomic E-state index is 12.5. The number of carboxylic acids is 1. The standard InChI is InChI=1S/C26H41N13O14/c27-4-17(43)31-5-18(44)32-8-21(47)37-11(1-14(28)40)24(50)35-6-19(45)33-9-22(48)38-12(2-15(29)41)25(51)36-7-20(46)34-10-23(49)39-13(26(52)53)3-16(30)42/h11-13H,1-10,27H2,(H2,28,40)(H2,29,41)(H2,30,42)(H,31,43)(H,32,44)(H,33,45)(H,34,46)(H,35,50)(H,36,51)(H,37,47)(H,38,48)(H,39,49)(H,52,53)/t11-,12-,13-/m0/s1. The van der Waals surface area contributed by atoms with Crippen LogP contribution in [0.25, 0.3) is 0 Å². The second-order valence-electron chi connectivity index (χ2n) is 10.5. The van der Waals surface area contributed by atoms with Crippen LogP contribution in [0.1, 0.15) is 19.3 Å². The Morgan fingerprint density at radius 1 is 0.396 bits per heavy atom. The molecule has 0 bridgehead atoms. The van der Waals surface area contributed by atoms with Crippen LogP contribution in [-0.2, 0) is 62.3 Å². The number of aliphatic carboxylic acids is 1. The van der Waals surface area contributed by atoms with E-state index in [4.69, 9.17) is 28.0 Å². The zero-order valence-corrected chi connectivity index (χ0v) is 27.9. The first-order valence-electron chi connectivity index (χ1n) is 15.0. The second kappa shape index (κ2) is 24.3. The van der Waals surface area contributed by atoms with E-state index < -0.39 is 154 Å². The largest absolute Gasteiger partial charge is 0.480 e. The predicted octanol–water partition coefficient (Wildman–Crippen LogP) is -11.2. The van der Waals surface area contributed by atoms with Gasteiger partial charge in [-0.25, -0.2) is 4.79 Å². The number of nitrogens with one attached hydrogen (secondary N) is 9. The zero-order chi connectivity index (χ0) is 40.7. The molecule has 0 aromatic rings. The third-order valence-electron chi connectivity index (χ3n) is 5.97. The molecule has 27 heteroatoms. The summed E-state index contributed by atoms with van der Waals surface area (Å²) in [4.78, 5) is 153. The molecular weight excluding hydrogens is 718 g/mol. The lowest BCUT2D eigenvalue weighted by Crippen LogP contribution is -2.54. The summed E-state index contributed by atoms with van der Waals surface area (Å²) in [7, 11) is 0. The molecule has 294 valence electrons. The van der Waals surface area contributed by atoms with Gasteiger partial charge in [0.15, 0.2) is 0 Å². The van der Waals surface area contributed by atoms with E-state index in [2.05, 4.69) is 37.2 Å². The van der Waals surface area contributed by atoms with Gasteiger partial charge in [-0.05, 0) is 0 Å². The Morgan fingerprint density at radius 2 is 0.660 bits per heavy atom. The molecule has 0 aliphatic heterocycles. The molecule has 0 spiro atoms. The Balaban J connectivity index is 4.89. The lowest BCUT2D eigenvalue weighted by Gasteiger charge is -2.18. The van der Waals surface area contributed by atoms with Gasteiger partial charge < -0.3 is 75.9 Å². The topological polar surface area (TPSA) is 454 Å². The molecule has 0 saturated heterocycles. The van der Waals surface area contributed by atoms with Crippen LogP contribution >= 0.6 is 0 Å². The third-order valence-corrected chi connectivity index (χ3v) is 5.97. The maximum atomic E-state index is 12.5. The first-order chi connectivity index (χ1) is 24.7. The Kier molecular flexibility index (Phi) is 21.1. The monoisotopic (exact) mass is 759 g/mol. The fraction of sp³-hybridized carbons (Fsp3) is 0.500. The third kappa shape index (κ3) is 22.4. The number of carbonyl (C=O) groups is 13. The molecule has 18 N–H and O–H groups in total. The number of hydrogen-bond donors (Lipinski definition) is 14. The van der Waals surface area contributed by atoms with Crippen molar-refractivity contribution in [3.05, 3.63) is 0 Å². The highest BCUT2D eigenvalue weighted by molar-refractivity contribution is 5.97. The fourth-order valence-electron chi connectivity index (χ4n) is 3.51. The molecule has 3 atom stereocenters. The number of hydrogen-bond acceptors (Lipinski definition) is 14. The highest BCUT2D eigenvalue weighted by atomic mass is 16.4. The van der Waals surface area contributed by atoms with Crippen molar-refractivity contribution >= 4 is 76.9 Å². The van der Waals surface area contributed by atoms with Crippen molar-refractivity contribution in [2.75, 3.05) is 45.8 Å². The van der Waals surface area contributed by atoms with Crippen LogP contribution in [0, 0.1) is 0 Å². The molecular formula is C26H41N13O14. The minimum Gasteiger partial charge on any atom is -0.480 e. The molecule has 0 saturated carbocycles. The minimum absolute atomic E-state index is 0.375. The Morgan fingerprint density at radius 3 is 0.962 bits per heavy atom. The molecule has 27 nitrogen and oxygen atoms in total. The normalized spacial score (nSPS) is 11.8. The summed E-state index contributed by atoms with van der Waals surface area (Å²) in [5, 5.41) is 27.7. The molecule has 0 radical (unpaired) electrons. The van der Waals surface area contributed by atoms with Crippen LogP contribution in [0.5, 0.6) is 0 Å². The van der Waals surface area contributed by atoms with Gasteiger partial charge in [0.05, 0.1) is 65.1 Å². The maximum Gasteiger partial charge on any atom is 0.326 e. The minimum atomic E-state index is -1.65. The van der Waals surface area contributed by atoms with Crippen molar-refractivity contribution in [3.63, 3.8) is 0 Å². The molecule has 0 aliphatic carbocycles. The predicted molar refractivity (Wildman–Crippen MR) is 172 cm³/mol. The lowest BCUT2D eigenvalue weighted by molar-refractivity contribution is -0.143. The van der Waals surface area contributed by atoms with E-state index >= 15 is 0 Å². The van der Waals surface area contributed by atoms with Gasteiger partial charge in [0.25, 0.3) is 0 Å². The smallest absolute Gasteiger partial charge is 0.326 e. The molecule has 0 fully saturated rings. The fourth-order valence-corrected chi connectivity index (χ4v) is 3.51. The highest BCUT2D eigenvalue weighted by Crippen LogP contribution is 1.94. The number of amides is 12. The Hall–Kier alpha value is -6.93. The number of rotatable bonds is 25. The van der Waals surface area contributed by atoms with Crippen molar-refractivity contribution in [1.29, 1.82) is 0 Å². The summed E-state index contributed by atoms with van der Waals surface area (Å²) < 4.78 is 0. The van der Waals surface area contributed by atoms with Crippen LogP contribution in [0.4, 0.5) is 0 Å². The molecule has 12 amide bonds. The van der Waals surface area contributed by atoms with Gasteiger partial charge in [0.2, 0.25) is 70.9 Å². The highest BCUT2D eigenvalue weighted by Gasteiger charge is 2.26. The van der Waals surface area contributed by atoms with E-state index in [0.717, 1.165) is 0 Å². The van der Waals surface area contributed by atoms with E-state index in [1.54, 1.807) is 0 Å². The van der Waals surface area contributed by atoms with Gasteiger partial charge in [-0.3, -0.25) is 57.5 Å². The molecule has 0 unspecified atom stereocenters. The second-order valence-corrected chi connectivity index (χ2v) is 10.5. The van der Waals surface area contributed by atoms with Crippen LogP contribution in [0.15, 0.2) is 0 Å². The number of nitrogens with two attached hydrogens (primary N) is 4. The summed E-state index contributed by atoms with van der Waals surface area (Å²) in [6.45, 7) is -4.71. The van der Waals surface area contributed by atoms with Crippen LogP contribution in [0.2, 0.25) is 0 Å². The van der Waals surface area contributed by atoms with Crippen LogP contribution in [0.3, 0.4) is 0 Å². The first-order valence-corrected chi connectivity index (χ1v) is 15.0. The quantitative estimate of drug-likeness (QED) is 0.0411. The summed E-state index contributed by atoms with van der Waals surface area (Å²) >= 11 is 0. The van der Waals surface area contributed by atoms with E-state index in [-0.39, 0.29) is 6.54 Å². The van der Waals surface area contributed by atoms with Crippen molar-refractivity contribution in [3.8, 4) is 0 Å². The Labute approximate surface area is 298 Å². The van der Waals surface area contributed by atoms with Crippen molar-refractivity contribution < 1.29 is 67.4 Å². The van der Waals surface area contributed by atoms with E-state index in [1.165, 1.54) is 0 Å². The Bertz CT molecular complexity index is 1450. The van der Waals surface area contributed by atoms with Crippen LogP contribution < -0.4 is 70.8 Å².